The van der Waals surface area contributed by atoms with E-state index in [4.69, 9.17) is 14.2 Å². The van der Waals surface area contributed by atoms with Crippen molar-refractivity contribution in [3.05, 3.63) is 23.4 Å². The van der Waals surface area contributed by atoms with Crippen molar-refractivity contribution in [1.82, 2.24) is 10.3 Å². The summed E-state index contributed by atoms with van der Waals surface area (Å²) in [6.07, 6.45) is 3.51. The number of pyridine rings is 1. The Labute approximate surface area is 127 Å². The second-order valence-electron chi connectivity index (χ2n) is 5.42. The second kappa shape index (κ2) is 8.97. The Balaban J connectivity index is 1.66. The maximum absolute atomic E-state index is 5.66. The fourth-order valence-corrected chi connectivity index (χ4v) is 2.05. The zero-order valence-electron chi connectivity index (χ0n) is 13.1. The van der Waals surface area contributed by atoms with E-state index in [1.54, 1.807) is 7.11 Å². The van der Waals surface area contributed by atoms with Crippen LogP contribution in [0.3, 0.4) is 0 Å². The van der Waals surface area contributed by atoms with E-state index >= 15 is 0 Å². The minimum Gasteiger partial charge on any atom is -0.475 e. The molecule has 1 aromatic heterocycles. The summed E-state index contributed by atoms with van der Waals surface area (Å²) in [6, 6.07) is 4.82. The fraction of sp³-hybridized carbons (Fsp3) is 0.688. The lowest BCUT2D eigenvalue weighted by Gasteiger charge is -2.10. The number of hydrogen-bond acceptors (Lipinski definition) is 5. The molecular weight excluding hydrogens is 268 g/mol. The lowest BCUT2D eigenvalue weighted by Crippen LogP contribution is -2.16. The SMILES string of the molecule is COCCCOCCOc1cc(CNC2CC2)cc(C)n1. The van der Waals surface area contributed by atoms with Crippen molar-refractivity contribution < 1.29 is 14.2 Å². The van der Waals surface area contributed by atoms with Crippen LogP contribution in [0.25, 0.3) is 0 Å². The highest BCUT2D eigenvalue weighted by Gasteiger charge is 2.20. The molecule has 5 heteroatoms. The first-order valence-electron chi connectivity index (χ1n) is 7.68. The third-order valence-electron chi connectivity index (χ3n) is 3.28. The van der Waals surface area contributed by atoms with Gasteiger partial charge in [-0.2, -0.15) is 0 Å². The Bertz CT molecular complexity index is 422. The smallest absolute Gasteiger partial charge is 0.213 e. The number of rotatable bonds is 11. The Morgan fingerprint density at radius 1 is 1.19 bits per heavy atom. The van der Waals surface area contributed by atoms with E-state index in [1.807, 2.05) is 13.0 Å². The average molecular weight is 294 g/mol. The monoisotopic (exact) mass is 294 g/mol. The van der Waals surface area contributed by atoms with Gasteiger partial charge in [-0.15, -0.1) is 0 Å². The summed E-state index contributed by atoms with van der Waals surface area (Å²) in [4.78, 5) is 4.40. The van der Waals surface area contributed by atoms with Gasteiger partial charge in [0, 0.05) is 44.7 Å². The lowest BCUT2D eigenvalue weighted by molar-refractivity contribution is 0.0795. The van der Waals surface area contributed by atoms with E-state index < -0.39 is 0 Å². The van der Waals surface area contributed by atoms with Gasteiger partial charge in [0.05, 0.1) is 6.61 Å². The van der Waals surface area contributed by atoms with E-state index in [0.717, 1.165) is 25.3 Å². The van der Waals surface area contributed by atoms with Gasteiger partial charge in [-0.25, -0.2) is 4.98 Å². The predicted molar refractivity (Wildman–Crippen MR) is 81.6 cm³/mol. The summed E-state index contributed by atoms with van der Waals surface area (Å²) in [6.45, 7) is 5.42. The van der Waals surface area contributed by atoms with Crippen LogP contribution in [0.1, 0.15) is 30.5 Å². The number of nitrogens with one attached hydrogen (secondary N) is 1. The van der Waals surface area contributed by atoms with Crippen LogP contribution in [0.4, 0.5) is 0 Å². The van der Waals surface area contributed by atoms with Gasteiger partial charge < -0.3 is 19.5 Å². The summed E-state index contributed by atoms with van der Waals surface area (Å²) in [7, 11) is 1.70. The molecule has 0 spiro atoms. The van der Waals surface area contributed by atoms with Crippen LogP contribution in [-0.2, 0) is 16.0 Å². The Morgan fingerprint density at radius 2 is 2.05 bits per heavy atom. The van der Waals surface area contributed by atoms with Gasteiger partial charge in [0.25, 0.3) is 0 Å². The van der Waals surface area contributed by atoms with Gasteiger partial charge in [-0.1, -0.05) is 0 Å². The zero-order valence-corrected chi connectivity index (χ0v) is 13.1. The van der Waals surface area contributed by atoms with Crippen molar-refractivity contribution in [2.75, 3.05) is 33.5 Å². The van der Waals surface area contributed by atoms with Crippen LogP contribution in [-0.4, -0.2) is 44.6 Å². The zero-order chi connectivity index (χ0) is 14.9. The van der Waals surface area contributed by atoms with E-state index in [-0.39, 0.29) is 0 Å². The summed E-state index contributed by atoms with van der Waals surface area (Å²) in [5.41, 5.74) is 2.21. The largest absolute Gasteiger partial charge is 0.475 e. The van der Waals surface area contributed by atoms with Crippen LogP contribution in [0.15, 0.2) is 12.1 Å². The number of aryl methyl sites for hydroxylation is 1. The van der Waals surface area contributed by atoms with Crippen molar-refractivity contribution in [3.63, 3.8) is 0 Å². The van der Waals surface area contributed by atoms with Gasteiger partial charge in [0.2, 0.25) is 5.88 Å². The van der Waals surface area contributed by atoms with E-state index in [0.29, 0.717) is 31.7 Å². The molecule has 1 N–H and O–H groups in total. The van der Waals surface area contributed by atoms with Crippen LogP contribution in [0, 0.1) is 6.92 Å². The van der Waals surface area contributed by atoms with Gasteiger partial charge in [0.1, 0.15) is 6.61 Å². The molecule has 0 aromatic carbocycles. The van der Waals surface area contributed by atoms with Gasteiger partial charge in [0.15, 0.2) is 0 Å². The summed E-state index contributed by atoms with van der Waals surface area (Å²) in [5.74, 6) is 0.683. The van der Waals surface area contributed by atoms with Gasteiger partial charge in [-0.3, -0.25) is 0 Å². The topological polar surface area (TPSA) is 52.6 Å². The molecule has 1 aliphatic rings. The highest BCUT2D eigenvalue weighted by molar-refractivity contribution is 5.24. The minimum absolute atomic E-state index is 0.527. The van der Waals surface area contributed by atoms with Crippen molar-refractivity contribution in [2.45, 2.75) is 38.8 Å². The molecule has 21 heavy (non-hydrogen) atoms. The molecule has 0 radical (unpaired) electrons. The van der Waals surface area contributed by atoms with Gasteiger partial charge >= 0.3 is 0 Å². The normalized spacial score (nSPS) is 14.4. The predicted octanol–water partition coefficient (Wildman–Crippen LogP) is 2.07. The molecule has 0 aliphatic heterocycles. The molecule has 5 nitrogen and oxygen atoms in total. The maximum Gasteiger partial charge on any atom is 0.213 e. The molecule has 1 aliphatic carbocycles. The lowest BCUT2D eigenvalue weighted by atomic mass is 10.2. The van der Waals surface area contributed by atoms with Crippen LogP contribution in [0.5, 0.6) is 5.88 Å². The molecule has 1 aromatic rings. The number of hydrogen-bond donors (Lipinski definition) is 1. The second-order valence-corrected chi connectivity index (χ2v) is 5.42. The van der Waals surface area contributed by atoms with Crippen LogP contribution in [0.2, 0.25) is 0 Å². The van der Waals surface area contributed by atoms with Gasteiger partial charge in [-0.05, 0) is 37.8 Å². The number of aromatic nitrogens is 1. The summed E-state index contributed by atoms with van der Waals surface area (Å²) in [5, 5.41) is 3.50. The third kappa shape index (κ3) is 6.89. The molecule has 1 saturated carbocycles. The van der Waals surface area contributed by atoms with Crippen molar-refractivity contribution >= 4 is 0 Å². The molecule has 0 atom stereocenters. The Kier molecular flexibility index (Phi) is 6.92. The molecule has 0 saturated heterocycles. The third-order valence-corrected chi connectivity index (χ3v) is 3.28. The molecule has 0 bridgehead atoms. The van der Waals surface area contributed by atoms with Crippen molar-refractivity contribution in [1.29, 1.82) is 0 Å². The van der Waals surface area contributed by atoms with E-state index in [1.165, 1.54) is 18.4 Å². The first-order valence-corrected chi connectivity index (χ1v) is 7.68. The quantitative estimate of drug-likeness (QED) is 0.633. The summed E-state index contributed by atoms with van der Waals surface area (Å²) < 4.78 is 16.1. The molecule has 1 fully saturated rings. The molecule has 118 valence electrons. The Hall–Kier alpha value is -1.17. The van der Waals surface area contributed by atoms with Crippen LogP contribution >= 0.6 is 0 Å². The van der Waals surface area contributed by atoms with Crippen molar-refractivity contribution in [3.8, 4) is 5.88 Å². The molecule has 2 rings (SSSR count). The minimum atomic E-state index is 0.527. The van der Waals surface area contributed by atoms with E-state index in [2.05, 4.69) is 16.4 Å². The summed E-state index contributed by atoms with van der Waals surface area (Å²) >= 11 is 0. The number of nitrogens with zero attached hydrogens (tertiary/aromatic N) is 1. The molecule has 0 amide bonds. The average Bonchev–Trinajstić information content (AvgIpc) is 3.28. The first-order chi connectivity index (χ1) is 10.3. The van der Waals surface area contributed by atoms with E-state index in [9.17, 15) is 0 Å². The standard InChI is InChI=1S/C16H26N2O3/c1-13-10-14(12-17-15-4-5-15)11-16(18-13)21-9-8-20-7-3-6-19-2/h10-11,15,17H,3-9,12H2,1-2H3. The van der Waals surface area contributed by atoms with Crippen molar-refractivity contribution in [2.24, 2.45) is 0 Å². The molecular formula is C16H26N2O3. The first kappa shape index (κ1) is 16.2. The fourth-order valence-electron chi connectivity index (χ4n) is 2.05. The number of ether oxygens (including phenoxy) is 3. The highest BCUT2D eigenvalue weighted by atomic mass is 16.5. The molecule has 0 unspecified atom stereocenters. The molecule has 1 heterocycles. The van der Waals surface area contributed by atoms with Crippen LogP contribution < -0.4 is 10.1 Å². The Morgan fingerprint density at radius 3 is 2.81 bits per heavy atom. The number of methoxy groups -OCH3 is 1. The maximum atomic E-state index is 5.66. The highest BCUT2D eigenvalue weighted by Crippen LogP contribution is 2.20.